The summed E-state index contributed by atoms with van der Waals surface area (Å²) in [6.45, 7) is 2.58. The number of carbonyl (C=O) groups is 1. The van der Waals surface area contributed by atoms with Gasteiger partial charge in [-0.15, -0.1) is 0 Å². The average Bonchev–Trinajstić information content (AvgIpc) is 3.54. The molecule has 0 spiro atoms. The number of aromatic nitrogens is 3. The number of carbonyl (C=O) groups excluding carboxylic acids is 1. The van der Waals surface area contributed by atoms with E-state index in [4.69, 9.17) is 0 Å². The zero-order chi connectivity index (χ0) is 24.9. The molecular formula is C23H24F4N6O2. The predicted molar refractivity (Wildman–Crippen MR) is 120 cm³/mol. The molecule has 5 rings (SSSR count). The molecule has 2 saturated heterocycles. The highest BCUT2D eigenvalue weighted by molar-refractivity contribution is 5.93. The largest absolute Gasteiger partial charge is 0.416 e. The van der Waals surface area contributed by atoms with Crippen LogP contribution >= 0.6 is 0 Å². The first-order valence-electron chi connectivity index (χ1n) is 11.3. The maximum atomic E-state index is 14.2. The van der Waals surface area contributed by atoms with Crippen molar-refractivity contribution >= 4 is 23.2 Å². The third kappa shape index (κ3) is 4.38. The Bertz CT molecular complexity index is 1280. The lowest BCUT2D eigenvalue weighted by molar-refractivity contribution is -0.138. The van der Waals surface area contributed by atoms with Crippen molar-refractivity contribution in [2.45, 2.75) is 44.5 Å². The molecule has 186 valence electrons. The lowest BCUT2D eigenvalue weighted by Gasteiger charge is -2.28. The molecule has 4 heterocycles. The molecule has 0 bridgehead atoms. The van der Waals surface area contributed by atoms with Gasteiger partial charge in [-0.05, 0) is 55.5 Å². The van der Waals surface area contributed by atoms with Crippen LogP contribution in [0.1, 0.15) is 42.0 Å². The Balaban J connectivity index is 1.46. The number of benzene rings is 1. The van der Waals surface area contributed by atoms with E-state index in [2.05, 4.69) is 15.4 Å². The zero-order valence-corrected chi connectivity index (χ0v) is 18.9. The molecule has 2 aromatic heterocycles. The molecule has 35 heavy (non-hydrogen) atoms. The van der Waals surface area contributed by atoms with Gasteiger partial charge in [0.1, 0.15) is 17.3 Å². The second kappa shape index (κ2) is 8.67. The molecule has 8 nitrogen and oxygen atoms in total. The number of urea groups is 1. The Hall–Kier alpha value is -3.41. The molecule has 0 aliphatic carbocycles. The van der Waals surface area contributed by atoms with E-state index in [-0.39, 0.29) is 23.7 Å². The van der Waals surface area contributed by atoms with Gasteiger partial charge in [-0.25, -0.2) is 18.7 Å². The van der Waals surface area contributed by atoms with Crippen LogP contribution in [0.5, 0.6) is 0 Å². The minimum Gasteiger partial charge on any atom is -0.391 e. The van der Waals surface area contributed by atoms with Crippen molar-refractivity contribution in [1.29, 1.82) is 0 Å². The van der Waals surface area contributed by atoms with E-state index in [9.17, 15) is 27.5 Å². The minimum atomic E-state index is -4.66. The standard InChI is InChI=1S/C23H24F4N6O2/c1-13-16(9-14(24)10-17(13)23(25,26)27)19-3-2-6-32(19)20-5-8-33-21(30-20)18(11-28-33)29-22(35)31-7-4-15(34)12-31/h5,8-11,15,19,34H,2-4,6-7,12H2,1H3,(H,29,35)/t15-,19+/m0/s1. The van der Waals surface area contributed by atoms with E-state index >= 15 is 0 Å². The van der Waals surface area contributed by atoms with Gasteiger partial charge in [0.2, 0.25) is 0 Å². The number of anilines is 2. The van der Waals surface area contributed by atoms with Crippen LogP contribution in [0.15, 0.2) is 30.6 Å². The van der Waals surface area contributed by atoms with Crippen LogP contribution in [0.4, 0.5) is 33.9 Å². The second-order valence-corrected chi connectivity index (χ2v) is 8.95. The summed E-state index contributed by atoms with van der Waals surface area (Å²) in [6.07, 6.45) is -0.324. The maximum Gasteiger partial charge on any atom is 0.416 e. The molecule has 0 unspecified atom stereocenters. The number of nitrogens with zero attached hydrogens (tertiary/aromatic N) is 5. The highest BCUT2D eigenvalue weighted by atomic mass is 19.4. The molecule has 2 fully saturated rings. The van der Waals surface area contributed by atoms with Gasteiger partial charge in [0.15, 0.2) is 5.65 Å². The summed E-state index contributed by atoms with van der Waals surface area (Å²) < 4.78 is 56.1. The van der Waals surface area contributed by atoms with Gasteiger partial charge in [0.25, 0.3) is 0 Å². The van der Waals surface area contributed by atoms with Crippen molar-refractivity contribution < 1.29 is 27.5 Å². The number of halogens is 4. The SMILES string of the molecule is Cc1c([C@H]2CCCN2c2ccn3ncc(NC(=O)N4CC[C@H](O)C4)c3n2)cc(F)cc1C(F)(F)F. The van der Waals surface area contributed by atoms with Crippen LogP contribution in [0.2, 0.25) is 0 Å². The van der Waals surface area contributed by atoms with Gasteiger partial charge in [-0.3, -0.25) is 0 Å². The first-order chi connectivity index (χ1) is 16.6. The summed E-state index contributed by atoms with van der Waals surface area (Å²) in [4.78, 5) is 20.6. The normalized spacial score (nSPS) is 20.7. The van der Waals surface area contributed by atoms with Gasteiger partial charge in [0, 0.05) is 25.8 Å². The molecule has 2 aliphatic rings. The number of nitrogens with one attached hydrogen (secondary N) is 1. The van der Waals surface area contributed by atoms with Crippen molar-refractivity contribution in [1.82, 2.24) is 19.5 Å². The number of fused-ring (bicyclic) bond motifs is 1. The monoisotopic (exact) mass is 492 g/mol. The number of rotatable bonds is 3. The molecule has 2 aliphatic heterocycles. The summed E-state index contributed by atoms with van der Waals surface area (Å²) in [5.41, 5.74) is 0.0483. The fourth-order valence-corrected chi connectivity index (χ4v) is 4.93. The van der Waals surface area contributed by atoms with Crippen molar-refractivity contribution in [3.05, 3.63) is 53.1 Å². The molecule has 0 radical (unpaired) electrons. The van der Waals surface area contributed by atoms with Crippen LogP contribution < -0.4 is 10.2 Å². The van der Waals surface area contributed by atoms with Crippen molar-refractivity contribution in [2.75, 3.05) is 29.9 Å². The predicted octanol–water partition coefficient (Wildman–Crippen LogP) is 4.14. The number of aliphatic hydroxyl groups excluding tert-OH is 1. The third-order valence-corrected chi connectivity index (χ3v) is 6.67. The second-order valence-electron chi connectivity index (χ2n) is 8.95. The van der Waals surface area contributed by atoms with Crippen molar-refractivity contribution in [3.63, 3.8) is 0 Å². The van der Waals surface area contributed by atoms with E-state index < -0.39 is 29.7 Å². The van der Waals surface area contributed by atoms with E-state index in [0.717, 1.165) is 0 Å². The number of aliphatic hydroxyl groups is 1. The van der Waals surface area contributed by atoms with Crippen LogP contribution in [-0.4, -0.2) is 56.4 Å². The smallest absolute Gasteiger partial charge is 0.391 e. The van der Waals surface area contributed by atoms with E-state index in [1.165, 1.54) is 28.6 Å². The number of likely N-dealkylation sites (tertiary alicyclic amines) is 1. The first-order valence-corrected chi connectivity index (χ1v) is 11.3. The summed E-state index contributed by atoms with van der Waals surface area (Å²) in [5.74, 6) is -0.439. The molecule has 2 N–H and O–H groups in total. The fraction of sp³-hybridized carbons (Fsp3) is 0.435. The van der Waals surface area contributed by atoms with Crippen LogP contribution in [0.3, 0.4) is 0 Å². The molecule has 2 amide bonds. The number of hydrogen-bond donors (Lipinski definition) is 2. The highest BCUT2D eigenvalue weighted by Gasteiger charge is 2.37. The van der Waals surface area contributed by atoms with Crippen LogP contribution in [0.25, 0.3) is 5.65 Å². The third-order valence-electron chi connectivity index (χ3n) is 6.67. The lowest BCUT2D eigenvalue weighted by atomic mass is 9.94. The van der Waals surface area contributed by atoms with Gasteiger partial charge in [-0.1, -0.05) is 0 Å². The molecular weight excluding hydrogens is 468 g/mol. The summed E-state index contributed by atoms with van der Waals surface area (Å²) in [5, 5.41) is 16.6. The molecule has 12 heteroatoms. The summed E-state index contributed by atoms with van der Waals surface area (Å²) >= 11 is 0. The Kier molecular flexibility index (Phi) is 5.78. The zero-order valence-electron chi connectivity index (χ0n) is 18.9. The Morgan fingerprint density at radius 3 is 2.74 bits per heavy atom. The fourth-order valence-electron chi connectivity index (χ4n) is 4.93. The van der Waals surface area contributed by atoms with Gasteiger partial charge in [-0.2, -0.15) is 18.3 Å². The van der Waals surface area contributed by atoms with Crippen molar-refractivity contribution in [3.8, 4) is 0 Å². The number of alkyl halides is 3. The average molecular weight is 492 g/mol. The quantitative estimate of drug-likeness (QED) is 0.537. The van der Waals surface area contributed by atoms with Gasteiger partial charge < -0.3 is 20.2 Å². The van der Waals surface area contributed by atoms with E-state index in [1.807, 2.05) is 4.90 Å². The highest BCUT2D eigenvalue weighted by Crippen LogP contribution is 2.41. The van der Waals surface area contributed by atoms with Crippen LogP contribution in [-0.2, 0) is 6.18 Å². The number of hydrogen-bond acceptors (Lipinski definition) is 5. The molecule has 1 aromatic carbocycles. The lowest BCUT2D eigenvalue weighted by Crippen LogP contribution is -2.33. The molecule has 0 saturated carbocycles. The van der Waals surface area contributed by atoms with E-state index in [0.29, 0.717) is 55.6 Å². The Morgan fingerprint density at radius 1 is 1.23 bits per heavy atom. The maximum absolute atomic E-state index is 14.2. The first kappa shape index (κ1) is 23.3. The number of β-amino-alcohol motifs (C(OH)–C–C–N with tert-alkyl or cyclic N) is 1. The molecule has 3 aromatic rings. The number of amides is 2. The Labute approximate surface area is 198 Å². The minimum absolute atomic E-state index is 0.00184. The topological polar surface area (TPSA) is 86.0 Å². The van der Waals surface area contributed by atoms with Crippen LogP contribution in [0, 0.1) is 12.7 Å². The Morgan fingerprint density at radius 2 is 2.03 bits per heavy atom. The van der Waals surface area contributed by atoms with Gasteiger partial charge >= 0.3 is 12.2 Å². The van der Waals surface area contributed by atoms with E-state index in [1.54, 1.807) is 12.3 Å². The van der Waals surface area contributed by atoms with Gasteiger partial charge in [0.05, 0.1) is 23.9 Å². The van der Waals surface area contributed by atoms with Crippen molar-refractivity contribution in [2.24, 2.45) is 0 Å². The summed E-state index contributed by atoms with van der Waals surface area (Å²) in [6, 6.07) is 2.54. The molecule has 2 atom stereocenters. The summed E-state index contributed by atoms with van der Waals surface area (Å²) in [7, 11) is 0.